The largest absolute Gasteiger partial charge is 0.461 e. The molecule has 0 bridgehead atoms. The molecule has 0 unspecified atom stereocenters. The molecule has 10 atom stereocenters. The van der Waals surface area contributed by atoms with E-state index in [1.54, 1.807) is 13.8 Å². The summed E-state index contributed by atoms with van der Waals surface area (Å²) in [6.07, 6.45) is 16.3. The fourth-order valence-corrected chi connectivity index (χ4v) is 11.7. The first-order chi connectivity index (χ1) is 19.0. The highest BCUT2D eigenvalue weighted by Gasteiger charge is 2.67. The van der Waals surface area contributed by atoms with Crippen LogP contribution in [-0.4, -0.2) is 78.8 Å². The number of nitrogens with zero attached hydrogens (tertiary/aromatic N) is 2. The third-order valence-electron chi connectivity index (χ3n) is 13.7. The van der Waals surface area contributed by atoms with Gasteiger partial charge in [-0.2, -0.15) is 0 Å². The van der Waals surface area contributed by atoms with E-state index < -0.39 is 0 Å². The summed E-state index contributed by atoms with van der Waals surface area (Å²) in [7, 11) is 2.47. The molecule has 226 valence electrons. The van der Waals surface area contributed by atoms with Crippen molar-refractivity contribution in [3.63, 3.8) is 0 Å². The van der Waals surface area contributed by atoms with Crippen LogP contribution < -0.4 is 0 Å². The molecule has 6 rings (SSSR count). The Bertz CT molecular complexity index is 958. The van der Waals surface area contributed by atoms with Crippen LogP contribution in [0.15, 0.2) is 0 Å². The van der Waals surface area contributed by atoms with Gasteiger partial charge in [0.2, 0.25) is 0 Å². The molecule has 2 heterocycles. The lowest BCUT2D eigenvalue weighted by Gasteiger charge is -2.62. The highest BCUT2D eigenvalue weighted by atomic mass is 16.5. The van der Waals surface area contributed by atoms with Gasteiger partial charge in [-0.3, -0.25) is 14.5 Å². The molecule has 6 fully saturated rings. The fourth-order valence-electron chi connectivity index (χ4n) is 11.7. The third kappa shape index (κ3) is 4.85. The molecule has 4 aliphatic carbocycles. The van der Waals surface area contributed by atoms with Crippen LogP contribution in [0, 0.1) is 34.5 Å². The van der Waals surface area contributed by atoms with Crippen molar-refractivity contribution < 1.29 is 23.5 Å². The summed E-state index contributed by atoms with van der Waals surface area (Å²) in [5, 5.41) is 0. The van der Waals surface area contributed by atoms with E-state index >= 15 is 0 Å². The fraction of sp³-hybridized carbons (Fsp3) is 0.941. The van der Waals surface area contributed by atoms with Gasteiger partial charge < -0.3 is 14.0 Å². The lowest BCUT2D eigenvalue weighted by atomic mass is 9.44. The number of ether oxygens (including phenoxy) is 2. The number of likely N-dealkylation sites (tertiary alicyclic amines) is 2. The third-order valence-corrected chi connectivity index (χ3v) is 13.7. The van der Waals surface area contributed by atoms with E-state index in [0.29, 0.717) is 35.3 Å². The molecule has 6 nitrogen and oxygen atoms in total. The molecule has 40 heavy (non-hydrogen) atoms. The van der Waals surface area contributed by atoms with Crippen molar-refractivity contribution in [1.29, 1.82) is 0 Å². The number of esters is 2. The molecule has 0 aromatic rings. The minimum Gasteiger partial charge on any atom is -0.461 e. The second-order valence-electron chi connectivity index (χ2n) is 15.8. The van der Waals surface area contributed by atoms with Crippen LogP contribution in [0.3, 0.4) is 0 Å². The number of carbonyl (C=O) groups excluding carboxylic acids is 2. The number of likely N-dealkylation sites (N-methyl/N-ethyl adjacent to an activating group) is 1. The van der Waals surface area contributed by atoms with Crippen LogP contribution >= 0.6 is 0 Å². The second-order valence-corrected chi connectivity index (χ2v) is 15.8. The standard InChI is InChI=1S/C34H57N2O4/c1-23(37)39-31-20-25-12-13-26-27(34(25,4)22-29(31)35-16-8-6-9-17-35)14-15-33(3)28(26)21-30(32(33)40-24(2)38)36(5)18-10-7-11-19-36/h25-32H,6-22H2,1-5H3/q+1/t25-,26+,27+,28-,29-,30-,31-,32-,33-,34-/m0/s1. The Labute approximate surface area is 243 Å². The number of hydrogen-bond acceptors (Lipinski definition) is 5. The molecule has 6 aliphatic rings. The molecular formula is C34H57N2O4+. The Kier molecular flexibility index (Phi) is 7.85. The van der Waals surface area contributed by atoms with Gasteiger partial charge in [-0.05, 0) is 113 Å². The Morgan fingerprint density at radius 2 is 1.48 bits per heavy atom. The zero-order chi connectivity index (χ0) is 28.3. The van der Waals surface area contributed by atoms with Crippen LogP contribution in [-0.2, 0) is 19.1 Å². The Morgan fingerprint density at radius 3 is 2.15 bits per heavy atom. The van der Waals surface area contributed by atoms with Gasteiger partial charge in [-0.15, -0.1) is 0 Å². The first kappa shape index (κ1) is 29.0. The van der Waals surface area contributed by atoms with Gasteiger partial charge in [0.25, 0.3) is 0 Å². The molecular weight excluding hydrogens is 500 g/mol. The predicted molar refractivity (Wildman–Crippen MR) is 156 cm³/mol. The average molecular weight is 558 g/mol. The molecule has 0 amide bonds. The van der Waals surface area contributed by atoms with Crippen molar-refractivity contribution in [2.75, 3.05) is 33.2 Å². The van der Waals surface area contributed by atoms with Gasteiger partial charge in [0, 0.05) is 31.7 Å². The van der Waals surface area contributed by atoms with E-state index in [4.69, 9.17) is 9.47 Å². The lowest BCUT2D eigenvalue weighted by molar-refractivity contribution is -0.940. The van der Waals surface area contributed by atoms with Crippen LogP contribution in [0.2, 0.25) is 0 Å². The molecule has 0 N–H and O–H groups in total. The molecule has 0 aromatic carbocycles. The van der Waals surface area contributed by atoms with Gasteiger partial charge in [-0.25, -0.2) is 0 Å². The van der Waals surface area contributed by atoms with Gasteiger partial charge in [-0.1, -0.05) is 20.3 Å². The van der Waals surface area contributed by atoms with Crippen molar-refractivity contribution in [3.8, 4) is 0 Å². The van der Waals surface area contributed by atoms with Gasteiger partial charge >= 0.3 is 11.9 Å². The normalized spacial score (nSPS) is 46.9. The van der Waals surface area contributed by atoms with Crippen LogP contribution in [0.1, 0.15) is 111 Å². The summed E-state index contributed by atoms with van der Waals surface area (Å²) in [6.45, 7) is 13.1. The SMILES string of the molecule is CC(=O)O[C@H]1C[C@@H]2CC[C@@H]3[C@@H](CC[C@@]4(C)[C@H]3C[C@H]([N+]3(C)CCCCC3)[C@@H]4OC(C)=O)[C@@]2(C)C[C@@H]1N1CCCCC1. The van der Waals surface area contributed by atoms with Crippen molar-refractivity contribution >= 4 is 11.9 Å². The number of rotatable bonds is 4. The monoisotopic (exact) mass is 557 g/mol. The number of piperidine rings is 2. The zero-order valence-corrected chi connectivity index (χ0v) is 26.2. The smallest absolute Gasteiger partial charge is 0.303 e. The molecule has 2 saturated heterocycles. The van der Waals surface area contributed by atoms with Crippen molar-refractivity contribution in [3.05, 3.63) is 0 Å². The second kappa shape index (κ2) is 10.8. The van der Waals surface area contributed by atoms with E-state index in [2.05, 4.69) is 25.8 Å². The minimum absolute atomic E-state index is 0.0466. The van der Waals surface area contributed by atoms with Crippen LogP contribution in [0.25, 0.3) is 0 Å². The maximum atomic E-state index is 12.5. The topological polar surface area (TPSA) is 55.8 Å². The lowest BCUT2D eigenvalue weighted by Crippen LogP contribution is -2.61. The molecule has 0 radical (unpaired) electrons. The Balaban J connectivity index is 1.29. The van der Waals surface area contributed by atoms with E-state index in [-0.39, 0.29) is 29.6 Å². The highest BCUT2D eigenvalue weighted by molar-refractivity contribution is 5.66. The average Bonchev–Trinajstić information content (AvgIpc) is 3.21. The first-order valence-electron chi connectivity index (χ1n) is 17.0. The summed E-state index contributed by atoms with van der Waals surface area (Å²) in [5.74, 6) is 2.50. The number of fused-ring (bicyclic) bond motifs is 5. The summed E-state index contributed by atoms with van der Waals surface area (Å²) in [5.41, 5.74) is 0.377. The summed E-state index contributed by atoms with van der Waals surface area (Å²) in [4.78, 5) is 27.4. The maximum Gasteiger partial charge on any atom is 0.303 e. The minimum atomic E-state index is -0.111. The molecule has 4 saturated carbocycles. The van der Waals surface area contributed by atoms with Crippen molar-refractivity contribution in [1.82, 2.24) is 4.90 Å². The molecule has 6 heteroatoms. The van der Waals surface area contributed by atoms with Gasteiger partial charge in [0.05, 0.1) is 20.1 Å². The van der Waals surface area contributed by atoms with E-state index in [1.165, 1.54) is 90.1 Å². The molecule has 0 spiro atoms. The Morgan fingerprint density at radius 1 is 0.800 bits per heavy atom. The summed E-state index contributed by atoms with van der Waals surface area (Å²) < 4.78 is 13.5. The summed E-state index contributed by atoms with van der Waals surface area (Å²) >= 11 is 0. The Hall–Kier alpha value is -1.14. The predicted octanol–water partition coefficient (Wildman–Crippen LogP) is 5.97. The summed E-state index contributed by atoms with van der Waals surface area (Å²) in [6, 6.07) is 0.796. The van der Waals surface area contributed by atoms with E-state index in [1.807, 2.05) is 0 Å². The molecule has 2 aliphatic heterocycles. The molecule has 0 aromatic heterocycles. The van der Waals surface area contributed by atoms with E-state index in [9.17, 15) is 9.59 Å². The number of hydrogen-bond donors (Lipinski definition) is 0. The van der Waals surface area contributed by atoms with Crippen molar-refractivity contribution in [2.24, 2.45) is 34.5 Å². The maximum absolute atomic E-state index is 12.5. The quantitative estimate of drug-likeness (QED) is 0.315. The van der Waals surface area contributed by atoms with Gasteiger partial charge in [0.15, 0.2) is 6.10 Å². The van der Waals surface area contributed by atoms with Crippen LogP contribution in [0.4, 0.5) is 0 Å². The van der Waals surface area contributed by atoms with Crippen LogP contribution in [0.5, 0.6) is 0 Å². The van der Waals surface area contributed by atoms with Gasteiger partial charge in [0.1, 0.15) is 12.1 Å². The highest BCUT2D eigenvalue weighted by Crippen LogP contribution is 2.67. The van der Waals surface area contributed by atoms with Crippen molar-refractivity contribution in [2.45, 2.75) is 135 Å². The number of quaternary nitrogens is 1. The first-order valence-corrected chi connectivity index (χ1v) is 17.0. The number of carbonyl (C=O) groups is 2. The van der Waals surface area contributed by atoms with E-state index in [0.717, 1.165) is 29.9 Å². The zero-order valence-electron chi connectivity index (χ0n) is 26.2.